The number of hydrogen-bond donors (Lipinski definition) is 8. The van der Waals surface area contributed by atoms with Crippen molar-refractivity contribution in [2.75, 3.05) is 6.61 Å². The molecule has 9 atom stereocenters. The van der Waals surface area contributed by atoms with Crippen molar-refractivity contribution >= 4 is 32.3 Å². The highest BCUT2D eigenvalue weighted by Crippen LogP contribution is 2.57. The molecule has 0 aromatic carbocycles. The van der Waals surface area contributed by atoms with Gasteiger partial charge in [-0.05, 0) is 6.92 Å². The standard InChI is InChI=1S/C15H24N2O19P2S/c1-6(19)10(21)11(22)7(4-18)34-39(30,31)35-13-8(5-32-38(28,29)36-37(25,26)27)33-14(12(13)23)17-3-2-9(20)16-15(17)24/h2-4,6-8,10-14,19,21-23H,5H2,1H3,(H,28,29)(H,16,20,24)(H2,25,26,27)/t6-,7+,8-,10-,11-,12-,13-,14-/m1/s1. The topological polar surface area (TPSA) is 328 Å². The Morgan fingerprint density at radius 2 is 1.79 bits per heavy atom. The highest BCUT2D eigenvalue weighted by atomic mass is 32.3. The average Bonchev–Trinajstić information content (AvgIpc) is 3.08. The number of H-pyrrole nitrogens is 1. The number of aromatic nitrogens is 2. The Bertz CT molecular complexity index is 1320. The lowest BCUT2D eigenvalue weighted by Gasteiger charge is -2.25. The fourth-order valence-corrected chi connectivity index (χ4v) is 5.68. The molecule has 8 N–H and O–H groups in total. The van der Waals surface area contributed by atoms with Gasteiger partial charge in [0.05, 0.1) is 12.7 Å². The summed E-state index contributed by atoms with van der Waals surface area (Å²) >= 11 is 0. The molecule has 2 rings (SSSR count). The Balaban J connectivity index is 2.35. The normalized spacial score (nSPS) is 26.9. The Morgan fingerprint density at radius 1 is 1.18 bits per heavy atom. The number of carbonyl (C=O) groups is 1. The number of aldehydes is 1. The van der Waals surface area contributed by atoms with Crippen molar-refractivity contribution in [3.05, 3.63) is 33.1 Å². The van der Waals surface area contributed by atoms with Crippen LogP contribution in [0.1, 0.15) is 13.2 Å². The van der Waals surface area contributed by atoms with E-state index >= 15 is 0 Å². The first kappa shape index (κ1) is 33.5. The number of nitrogens with zero attached hydrogens (tertiary/aromatic N) is 1. The second-order valence-corrected chi connectivity index (χ2v) is 11.8. The number of aromatic amines is 1. The van der Waals surface area contributed by atoms with Crippen LogP contribution in [0, 0.1) is 0 Å². The van der Waals surface area contributed by atoms with Crippen molar-refractivity contribution in [3.63, 3.8) is 0 Å². The molecule has 0 amide bonds. The van der Waals surface area contributed by atoms with Gasteiger partial charge >= 0.3 is 31.7 Å². The van der Waals surface area contributed by atoms with E-state index in [9.17, 15) is 57.3 Å². The number of ether oxygens (including phenoxy) is 1. The molecule has 24 heteroatoms. The number of hydrogen-bond acceptors (Lipinski definition) is 16. The predicted octanol–water partition coefficient (Wildman–Crippen LogP) is -4.66. The van der Waals surface area contributed by atoms with Crippen LogP contribution in [-0.4, -0.2) is 109 Å². The van der Waals surface area contributed by atoms with Crippen LogP contribution >= 0.6 is 15.6 Å². The molecule has 1 aliphatic rings. The van der Waals surface area contributed by atoms with E-state index in [1.165, 1.54) is 0 Å². The van der Waals surface area contributed by atoms with Crippen molar-refractivity contribution in [2.24, 2.45) is 0 Å². The summed E-state index contributed by atoms with van der Waals surface area (Å²) in [6, 6.07) is 0.802. The average molecular weight is 630 g/mol. The van der Waals surface area contributed by atoms with Gasteiger partial charge in [0, 0.05) is 12.3 Å². The number of aliphatic hydroxyl groups excluding tert-OH is 4. The first-order valence-electron chi connectivity index (χ1n) is 10.3. The summed E-state index contributed by atoms with van der Waals surface area (Å²) in [6.07, 6.45) is -16.1. The van der Waals surface area contributed by atoms with Gasteiger partial charge in [0.25, 0.3) is 5.56 Å². The molecule has 0 saturated carbocycles. The van der Waals surface area contributed by atoms with Crippen LogP contribution in [0.5, 0.6) is 0 Å². The second-order valence-electron chi connectivity index (χ2n) is 7.80. The van der Waals surface area contributed by atoms with Gasteiger partial charge in [0.1, 0.15) is 30.5 Å². The zero-order valence-electron chi connectivity index (χ0n) is 19.3. The number of nitrogens with one attached hydrogen (secondary N) is 1. The van der Waals surface area contributed by atoms with Gasteiger partial charge in [-0.1, -0.05) is 0 Å². The smallest absolute Gasteiger partial charge is 0.391 e. The van der Waals surface area contributed by atoms with E-state index in [4.69, 9.17) is 14.5 Å². The molecule has 1 saturated heterocycles. The van der Waals surface area contributed by atoms with Crippen molar-refractivity contribution in [3.8, 4) is 0 Å². The maximum Gasteiger partial charge on any atom is 0.481 e. The second kappa shape index (κ2) is 12.9. The Kier molecular flexibility index (Phi) is 11.0. The van der Waals surface area contributed by atoms with Gasteiger partial charge in [-0.15, -0.1) is 0 Å². The minimum atomic E-state index is -5.57. The molecule has 1 aromatic heterocycles. The van der Waals surface area contributed by atoms with Gasteiger partial charge in [-0.25, -0.2) is 22.3 Å². The van der Waals surface area contributed by atoms with Crippen molar-refractivity contribution in [1.82, 2.24) is 9.55 Å². The summed E-state index contributed by atoms with van der Waals surface area (Å²) in [4.78, 5) is 63.4. The number of carbonyl (C=O) groups excluding carboxylic acids is 1. The van der Waals surface area contributed by atoms with Crippen molar-refractivity contribution in [1.29, 1.82) is 0 Å². The Labute approximate surface area is 217 Å². The van der Waals surface area contributed by atoms with Crippen LogP contribution in [0.25, 0.3) is 0 Å². The van der Waals surface area contributed by atoms with E-state index in [-0.39, 0.29) is 6.29 Å². The van der Waals surface area contributed by atoms with Gasteiger partial charge in [0.2, 0.25) is 0 Å². The molecule has 0 aliphatic carbocycles. The zero-order valence-corrected chi connectivity index (χ0v) is 21.9. The number of phosphoric acid groups is 2. The maximum atomic E-state index is 12.5. The van der Waals surface area contributed by atoms with Gasteiger partial charge in [-0.3, -0.25) is 18.9 Å². The van der Waals surface area contributed by atoms with E-state index in [1.807, 2.05) is 0 Å². The molecule has 1 unspecified atom stereocenters. The minimum absolute atomic E-state index is 0.274. The molecule has 1 aromatic rings. The minimum Gasteiger partial charge on any atom is -0.391 e. The largest absolute Gasteiger partial charge is 0.481 e. The summed E-state index contributed by atoms with van der Waals surface area (Å²) in [5.74, 6) is 0. The van der Waals surface area contributed by atoms with E-state index in [1.54, 1.807) is 4.98 Å². The molecule has 2 heterocycles. The summed E-state index contributed by atoms with van der Waals surface area (Å²) in [6.45, 7) is -0.299. The third-order valence-corrected chi connectivity index (χ3v) is 7.89. The van der Waals surface area contributed by atoms with Crippen molar-refractivity contribution in [2.45, 2.75) is 55.9 Å². The Hall–Kier alpha value is -1.72. The summed E-state index contributed by atoms with van der Waals surface area (Å²) in [5.41, 5.74) is -2.05. The number of aliphatic hydroxyl groups is 4. The van der Waals surface area contributed by atoms with E-state index in [0.29, 0.717) is 4.57 Å². The van der Waals surface area contributed by atoms with Crippen molar-refractivity contribution < 1.29 is 79.4 Å². The monoisotopic (exact) mass is 630 g/mol. The van der Waals surface area contributed by atoms with Crippen LogP contribution in [0.15, 0.2) is 21.9 Å². The van der Waals surface area contributed by atoms with Crippen LogP contribution in [0.2, 0.25) is 0 Å². The highest BCUT2D eigenvalue weighted by molar-refractivity contribution is 7.81. The lowest BCUT2D eigenvalue weighted by Crippen LogP contribution is -2.47. The van der Waals surface area contributed by atoms with Crippen LogP contribution < -0.4 is 11.2 Å². The lowest BCUT2D eigenvalue weighted by atomic mass is 10.1. The maximum absolute atomic E-state index is 12.5. The summed E-state index contributed by atoms with van der Waals surface area (Å²) in [5, 5.41) is 39.5. The SMILES string of the molecule is C[C@@H](O)[C@@H](O)[C@H](O)[C@H](C=O)OS(=O)(=O)O[C@H]1[C@@H](O)[C@H](n2ccc(=O)[nH]c2=O)O[C@@H]1COP(=O)(O)OP(=O)(O)O. The molecule has 0 radical (unpaired) electrons. The first-order valence-corrected chi connectivity index (χ1v) is 14.6. The van der Waals surface area contributed by atoms with Crippen LogP contribution in [-0.2, 0) is 46.3 Å². The molecule has 1 aliphatic heterocycles. The van der Waals surface area contributed by atoms with Crippen LogP contribution in [0.4, 0.5) is 0 Å². The van der Waals surface area contributed by atoms with Crippen LogP contribution in [0.3, 0.4) is 0 Å². The molecule has 0 spiro atoms. The molecule has 39 heavy (non-hydrogen) atoms. The third kappa shape index (κ3) is 9.42. The van der Waals surface area contributed by atoms with Gasteiger partial charge in [-0.2, -0.15) is 12.7 Å². The fourth-order valence-electron chi connectivity index (χ4n) is 3.09. The number of phosphoric ester groups is 1. The predicted molar refractivity (Wildman–Crippen MR) is 119 cm³/mol. The third-order valence-electron chi connectivity index (χ3n) is 4.82. The molecule has 224 valence electrons. The molecular formula is C15H24N2O19P2S. The van der Waals surface area contributed by atoms with E-state index in [2.05, 4.69) is 17.2 Å². The molecule has 1 fully saturated rings. The molecular weight excluding hydrogens is 606 g/mol. The summed E-state index contributed by atoms with van der Waals surface area (Å²) in [7, 11) is -16.6. The fraction of sp³-hybridized carbons (Fsp3) is 0.667. The highest BCUT2D eigenvalue weighted by Gasteiger charge is 2.50. The van der Waals surface area contributed by atoms with Gasteiger partial charge < -0.3 is 44.6 Å². The lowest BCUT2D eigenvalue weighted by molar-refractivity contribution is -0.130. The zero-order chi connectivity index (χ0) is 29.9. The quantitative estimate of drug-likeness (QED) is 0.0707. The van der Waals surface area contributed by atoms with Gasteiger partial charge in [0.15, 0.2) is 18.6 Å². The first-order chi connectivity index (χ1) is 17.8. The van der Waals surface area contributed by atoms with E-state index in [0.717, 1.165) is 19.2 Å². The molecule has 21 nitrogen and oxygen atoms in total. The Morgan fingerprint density at radius 3 is 2.31 bits per heavy atom. The van der Waals surface area contributed by atoms with E-state index < -0.39 is 92.9 Å². The number of rotatable bonds is 14. The summed E-state index contributed by atoms with van der Waals surface area (Å²) < 4.78 is 70.3. The molecule has 0 bridgehead atoms.